The van der Waals surface area contributed by atoms with E-state index < -0.39 is 0 Å². The van der Waals surface area contributed by atoms with Crippen LogP contribution in [0, 0.1) is 0 Å². The molecule has 0 spiro atoms. The first-order chi connectivity index (χ1) is 14.6. The lowest BCUT2D eigenvalue weighted by atomic mass is 9.91. The van der Waals surface area contributed by atoms with E-state index in [9.17, 15) is 9.59 Å². The molecule has 30 heavy (non-hydrogen) atoms. The lowest BCUT2D eigenvalue weighted by molar-refractivity contribution is -0.136. The van der Waals surface area contributed by atoms with Crippen molar-refractivity contribution in [2.24, 2.45) is 0 Å². The summed E-state index contributed by atoms with van der Waals surface area (Å²) in [5, 5.41) is 0. The molecular weight excluding hydrogens is 380 g/mol. The molecule has 7 heteroatoms. The fourth-order valence-corrected chi connectivity index (χ4v) is 4.66. The van der Waals surface area contributed by atoms with Crippen LogP contribution in [0.5, 0.6) is 5.75 Å². The van der Waals surface area contributed by atoms with Gasteiger partial charge in [-0.3, -0.25) is 19.4 Å². The van der Waals surface area contributed by atoms with Gasteiger partial charge in [-0.15, -0.1) is 0 Å². The molecule has 2 aliphatic heterocycles. The van der Waals surface area contributed by atoms with Crippen molar-refractivity contribution in [1.82, 2.24) is 19.6 Å². The molecule has 4 rings (SSSR count). The highest BCUT2D eigenvalue weighted by Gasteiger charge is 2.30. The molecule has 1 saturated carbocycles. The maximum atomic E-state index is 12.7. The molecule has 164 valence electrons. The van der Waals surface area contributed by atoms with Crippen LogP contribution in [0.25, 0.3) is 0 Å². The van der Waals surface area contributed by atoms with Crippen LogP contribution in [0.15, 0.2) is 24.3 Å². The van der Waals surface area contributed by atoms with Gasteiger partial charge in [0.2, 0.25) is 11.8 Å². The summed E-state index contributed by atoms with van der Waals surface area (Å²) in [4.78, 5) is 34.1. The summed E-state index contributed by atoms with van der Waals surface area (Å²) in [7, 11) is 1.63. The van der Waals surface area contributed by atoms with Gasteiger partial charge in [0.05, 0.1) is 20.1 Å². The van der Waals surface area contributed by atoms with Crippen LogP contribution < -0.4 is 4.74 Å². The normalized spacial score (nSPS) is 21.4. The Bertz CT molecular complexity index is 736. The fourth-order valence-electron chi connectivity index (χ4n) is 4.66. The van der Waals surface area contributed by atoms with Crippen LogP contribution in [0.4, 0.5) is 0 Å². The molecule has 0 unspecified atom stereocenters. The average molecular weight is 415 g/mol. The van der Waals surface area contributed by atoms with Gasteiger partial charge in [0.1, 0.15) is 5.75 Å². The van der Waals surface area contributed by atoms with Crippen molar-refractivity contribution in [1.29, 1.82) is 0 Å². The number of carbonyl (C=O) groups excluding carboxylic acids is 2. The largest absolute Gasteiger partial charge is 0.496 e. The van der Waals surface area contributed by atoms with Gasteiger partial charge in [-0.2, -0.15) is 0 Å². The number of hydrogen-bond acceptors (Lipinski definition) is 5. The third kappa shape index (κ3) is 4.95. The molecular formula is C23H34N4O3. The Hall–Kier alpha value is -2.12. The molecule has 1 aliphatic carbocycles. The van der Waals surface area contributed by atoms with Crippen LogP contribution >= 0.6 is 0 Å². The van der Waals surface area contributed by atoms with Gasteiger partial charge < -0.3 is 14.5 Å². The molecule has 7 nitrogen and oxygen atoms in total. The lowest BCUT2D eigenvalue weighted by Gasteiger charge is -2.43. The van der Waals surface area contributed by atoms with Gasteiger partial charge in [0, 0.05) is 64.0 Å². The Labute approximate surface area is 179 Å². The molecule has 0 bridgehead atoms. The van der Waals surface area contributed by atoms with E-state index in [-0.39, 0.29) is 11.8 Å². The molecule has 2 saturated heterocycles. The monoisotopic (exact) mass is 414 g/mol. The van der Waals surface area contributed by atoms with Crippen molar-refractivity contribution < 1.29 is 14.3 Å². The highest BCUT2D eigenvalue weighted by atomic mass is 16.5. The first kappa shape index (κ1) is 21.1. The van der Waals surface area contributed by atoms with Gasteiger partial charge in [-0.05, 0) is 18.9 Å². The van der Waals surface area contributed by atoms with Crippen molar-refractivity contribution >= 4 is 11.8 Å². The molecule has 3 aliphatic rings. The van der Waals surface area contributed by atoms with E-state index in [1.54, 1.807) is 7.11 Å². The van der Waals surface area contributed by atoms with Crippen LogP contribution in [0.1, 0.15) is 24.8 Å². The SMILES string of the molecule is COc1ccccc1CC(=O)N1CCN(CC(=O)N2CCN(C3CCC3)CC2)CC1. The number of ether oxygens (including phenoxy) is 1. The lowest BCUT2D eigenvalue weighted by Crippen LogP contribution is -2.56. The van der Waals surface area contributed by atoms with Gasteiger partial charge in [-0.1, -0.05) is 24.6 Å². The summed E-state index contributed by atoms with van der Waals surface area (Å²) in [5.74, 6) is 1.11. The quantitative estimate of drug-likeness (QED) is 0.697. The molecule has 1 aromatic carbocycles. The number of amides is 2. The third-order valence-corrected chi connectivity index (χ3v) is 6.88. The molecule has 3 fully saturated rings. The average Bonchev–Trinajstić information content (AvgIpc) is 2.74. The van der Waals surface area contributed by atoms with Crippen LogP contribution in [-0.4, -0.2) is 103 Å². The van der Waals surface area contributed by atoms with Gasteiger partial charge in [0.25, 0.3) is 0 Å². The molecule has 0 atom stereocenters. The molecule has 2 heterocycles. The number of rotatable bonds is 6. The Morgan fingerprint density at radius 3 is 2.17 bits per heavy atom. The number of nitrogens with zero attached hydrogens (tertiary/aromatic N) is 4. The predicted octanol–water partition coefficient (Wildman–Crippen LogP) is 1.08. The van der Waals surface area contributed by atoms with Crippen molar-refractivity contribution in [3.05, 3.63) is 29.8 Å². The predicted molar refractivity (Wildman–Crippen MR) is 116 cm³/mol. The second-order valence-electron chi connectivity index (χ2n) is 8.65. The maximum Gasteiger partial charge on any atom is 0.236 e. The summed E-state index contributed by atoms with van der Waals surface area (Å²) < 4.78 is 5.36. The van der Waals surface area contributed by atoms with Crippen LogP contribution in [0.3, 0.4) is 0 Å². The number of carbonyl (C=O) groups is 2. The zero-order valence-corrected chi connectivity index (χ0v) is 18.1. The summed E-state index contributed by atoms with van der Waals surface area (Å²) in [6.45, 7) is 7.07. The summed E-state index contributed by atoms with van der Waals surface area (Å²) in [6.07, 6.45) is 4.37. The molecule has 0 aromatic heterocycles. The highest BCUT2D eigenvalue weighted by molar-refractivity contribution is 5.80. The topological polar surface area (TPSA) is 56.3 Å². The third-order valence-electron chi connectivity index (χ3n) is 6.88. The summed E-state index contributed by atoms with van der Waals surface area (Å²) in [5.41, 5.74) is 0.920. The van der Waals surface area contributed by atoms with E-state index >= 15 is 0 Å². The van der Waals surface area contributed by atoms with Crippen molar-refractivity contribution in [2.75, 3.05) is 66.0 Å². The van der Waals surface area contributed by atoms with Crippen molar-refractivity contribution in [3.63, 3.8) is 0 Å². The van der Waals surface area contributed by atoms with E-state index in [2.05, 4.69) is 9.80 Å². The first-order valence-electron chi connectivity index (χ1n) is 11.3. The molecule has 0 N–H and O–H groups in total. The molecule has 2 amide bonds. The standard InChI is InChI=1S/C23H34N4O3/c1-30-21-8-3-2-5-19(21)17-22(28)26-11-9-24(10-12-26)18-23(29)27-15-13-25(14-16-27)20-6-4-7-20/h2-3,5,8,20H,4,6-7,9-18H2,1H3. The Morgan fingerprint density at radius 2 is 1.53 bits per heavy atom. The van der Waals surface area contributed by atoms with E-state index in [1.807, 2.05) is 34.1 Å². The summed E-state index contributed by atoms with van der Waals surface area (Å²) in [6, 6.07) is 8.44. The van der Waals surface area contributed by atoms with Crippen LogP contribution in [-0.2, 0) is 16.0 Å². The van der Waals surface area contributed by atoms with Gasteiger partial charge in [-0.25, -0.2) is 0 Å². The Morgan fingerprint density at radius 1 is 0.900 bits per heavy atom. The van der Waals surface area contributed by atoms with E-state index in [4.69, 9.17) is 4.74 Å². The van der Waals surface area contributed by atoms with E-state index in [0.29, 0.717) is 26.1 Å². The van der Waals surface area contributed by atoms with Crippen molar-refractivity contribution in [3.8, 4) is 5.75 Å². The smallest absolute Gasteiger partial charge is 0.236 e. The van der Waals surface area contributed by atoms with Gasteiger partial charge in [0.15, 0.2) is 0 Å². The maximum absolute atomic E-state index is 12.7. The summed E-state index contributed by atoms with van der Waals surface area (Å²) >= 11 is 0. The minimum Gasteiger partial charge on any atom is -0.496 e. The molecule has 0 radical (unpaired) electrons. The number of hydrogen-bond donors (Lipinski definition) is 0. The zero-order chi connectivity index (χ0) is 20.9. The Kier molecular flexibility index (Phi) is 6.89. The number of methoxy groups -OCH3 is 1. The zero-order valence-electron chi connectivity index (χ0n) is 18.1. The first-order valence-corrected chi connectivity index (χ1v) is 11.3. The minimum atomic E-state index is 0.123. The number of benzene rings is 1. The second kappa shape index (κ2) is 9.79. The Balaban J connectivity index is 1.19. The molecule has 1 aromatic rings. The fraction of sp³-hybridized carbons (Fsp3) is 0.652. The van der Waals surface area contributed by atoms with Crippen LogP contribution in [0.2, 0.25) is 0 Å². The highest BCUT2D eigenvalue weighted by Crippen LogP contribution is 2.25. The minimum absolute atomic E-state index is 0.123. The number of piperazine rings is 2. The van der Waals surface area contributed by atoms with E-state index in [1.165, 1.54) is 19.3 Å². The second-order valence-corrected chi connectivity index (χ2v) is 8.65. The number of para-hydroxylation sites is 1. The van der Waals surface area contributed by atoms with E-state index in [0.717, 1.165) is 56.6 Å². The van der Waals surface area contributed by atoms with Crippen molar-refractivity contribution in [2.45, 2.75) is 31.7 Å². The van der Waals surface area contributed by atoms with Gasteiger partial charge >= 0.3 is 0 Å².